The number of nitriles is 1. The molecule has 0 bridgehead atoms. The molecule has 0 aliphatic rings. The number of benzene rings is 3. The summed E-state index contributed by atoms with van der Waals surface area (Å²) in [5.74, 6) is 0. The average molecular weight is 382 g/mol. The van der Waals surface area contributed by atoms with Crippen LogP contribution in [0.2, 0.25) is 0 Å². The number of rotatable bonds is 5. The maximum Gasteiger partial charge on any atom is 0.0991 e. The Hall–Kier alpha value is -2.85. The van der Waals surface area contributed by atoms with Crippen molar-refractivity contribution < 1.29 is 0 Å². The van der Waals surface area contributed by atoms with Gasteiger partial charge in [-0.2, -0.15) is 5.26 Å². The number of nitrogens with zero attached hydrogens (tertiary/aromatic N) is 1. The molecule has 3 aromatic carbocycles. The number of aryl methyl sites for hydroxylation is 1. The normalized spacial score (nSPS) is 11.9. The Kier molecular flexibility index (Phi) is 5.94. The van der Waals surface area contributed by atoms with Gasteiger partial charge in [-0.15, -0.1) is 0 Å². The zero-order valence-electron chi connectivity index (χ0n) is 18.3. The van der Waals surface area contributed by atoms with Crippen molar-refractivity contribution in [1.29, 1.82) is 5.26 Å². The maximum atomic E-state index is 8.96. The highest BCUT2D eigenvalue weighted by Crippen LogP contribution is 2.31. The van der Waals surface area contributed by atoms with Crippen molar-refractivity contribution in [3.05, 3.63) is 95.1 Å². The summed E-state index contributed by atoms with van der Waals surface area (Å²) in [6, 6.07) is 27.9. The van der Waals surface area contributed by atoms with Gasteiger partial charge in [0.15, 0.2) is 0 Å². The van der Waals surface area contributed by atoms with Gasteiger partial charge in [-0.1, -0.05) is 95.3 Å². The van der Waals surface area contributed by atoms with Crippen LogP contribution in [0.1, 0.15) is 63.3 Å². The zero-order chi connectivity index (χ0) is 21.1. The van der Waals surface area contributed by atoms with Gasteiger partial charge in [-0.05, 0) is 63.6 Å². The predicted octanol–water partition coefficient (Wildman–Crippen LogP) is 7.43. The van der Waals surface area contributed by atoms with E-state index >= 15 is 0 Å². The molecule has 0 N–H and O–H groups in total. The molecule has 0 aromatic heterocycles. The molecule has 0 amide bonds. The minimum Gasteiger partial charge on any atom is -0.192 e. The van der Waals surface area contributed by atoms with Crippen molar-refractivity contribution in [2.45, 2.75) is 58.3 Å². The lowest BCUT2D eigenvalue weighted by atomic mass is 9.78. The van der Waals surface area contributed by atoms with Gasteiger partial charge in [-0.3, -0.25) is 0 Å². The second-order valence-electron chi connectivity index (χ2n) is 9.60. The van der Waals surface area contributed by atoms with Crippen LogP contribution in [0.4, 0.5) is 0 Å². The first-order chi connectivity index (χ1) is 13.7. The lowest BCUT2D eigenvalue weighted by Crippen LogP contribution is -2.18. The van der Waals surface area contributed by atoms with Crippen LogP contribution in [0, 0.1) is 11.3 Å². The van der Waals surface area contributed by atoms with E-state index in [4.69, 9.17) is 5.26 Å². The van der Waals surface area contributed by atoms with Crippen molar-refractivity contribution in [3.8, 4) is 17.2 Å². The fourth-order valence-corrected chi connectivity index (χ4v) is 3.65. The molecule has 0 spiro atoms. The molecule has 3 aromatic rings. The number of hydrogen-bond acceptors (Lipinski definition) is 1. The van der Waals surface area contributed by atoms with Gasteiger partial charge in [0.1, 0.15) is 0 Å². The summed E-state index contributed by atoms with van der Waals surface area (Å²) in [5, 5.41) is 8.96. The standard InChI is InChI=1S/C28H31N/c1-27(2,3)26-8-6-7-21(19-26)17-18-28(4,5)25-15-13-24(14-16-25)23-11-9-22(20-29)10-12-23/h6-16,19H,17-18H2,1-5H3. The minimum absolute atomic E-state index is 0.112. The fraction of sp³-hybridized carbons (Fsp3) is 0.321. The van der Waals surface area contributed by atoms with Gasteiger partial charge >= 0.3 is 0 Å². The van der Waals surface area contributed by atoms with E-state index in [0.717, 1.165) is 18.4 Å². The summed E-state index contributed by atoms with van der Waals surface area (Å²) in [4.78, 5) is 0. The van der Waals surface area contributed by atoms with Gasteiger partial charge in [0.05, 0.1) is 11.6 Å². The Labute approximate surface area is 176 Å². The smallest absolute Gasteiger partial charge is 0.0991 e. The third-order valence-electron chi connectivity index (χ3n) is 5.85. The largest absolute Gasteiger partial charge is 0.192 e. The molecule has 0 radical (unpaired) electrons. The van der Waals surface area contributed by atoms with Gasteiger partial charge < -0.3 is 0 Å². The Morgan fingerprint density at radius 1 is 0.724 bits per heavy atom. The van der Waals surface area contributed by atoms with Gasteiger partial charge in [0, 0.05) is 0 Å². The summed E-state index contributed by atoms with van der Waals surface area (Å²) < 4.78 is 0. The molecule has 29 heavy (non-hydrogen) atoms. The van der Waals surface area contributed by atoms with Crippen molar-refractivity contribution >= 4 is 0 Å². The summed E-state index contributed by atoms with van der Waals surface area (Å²) in [7, 11) is 0. The summed E-state index contributed by atoms with van der Waals surface area (Å²) in [6.07, 6.45) is 2.19. The van der Waals surface area contributed by atoms with Gasteiger partial charge in [0.2, 0.25) is 0 Å². The summed E-state index contributed by atoms with van der Waals surface area (Å²) in [6.45, 7) is 11.5. The lowest BCUT2D eigenvalue weighted by Gasteiger charge is -2.26. The van der Waals surface area contributed by atoms with Crippen LogP contribution >= 0.6 is 0 Å². The van der Waals surface area contributed by atoms with Crippen LogP contribution in [0.15, 0.2) is 72.8 Å². The predicted molar refractivity (Wildman–Crippen MR) is 123 cm³/mol. The van der Waals surface area contributed by atoms with Crippen LogP contribution in [0.5, 0.6) is 0 Å². The highest BCUT2D eigenvalue weighted by Gasteiger charge is 2.21. The van der Waals surface area contributed by atoms with E-state index in [2.05, 4.69) is 89.2 Å². The van der Waals surface area contributed by atoms with E-state index in [0.29, 0.717) is 5.56 Å². The molecular weight excluding hydrogens is 350 g/mol. The van der Waals surface area contributed by atoms with E-state index in [1.807, 2.05) is 24.3 Å². The Balaban J connectivity index is 1.71. The second-order valence-corrected chi connectivity index (χ2v) is 9.60. The van der Waals surface area contributed by atoms with Crippen LogP contribution < -0.4 is 0 Å². The molecule has 1 heteroatoms. The molecule has 0 heterocycles. The monoisotopic (exact) mass is 381 g/mol. The zero-order valence-corrected chi connectivity index (χ0v) is 18.3. The van der Waals surface area contributed by atoms with Crippen molar-refractivity contribution in [1.82, 2.24) is 0 Å². The highest BCUT2D eigenvalue weighted by molar-refractivity contribution is 5.64. The molecule has 0 aliphatic heterocycles. The van der Waals surface area contributed by atoms with E-state index in [1.54, 1.807) is 0 Å². The topological polar surface area (TPSA) is 23.8 Å². The van der Waals surface area contributed by atoms with Gasteiger partial charge in [-0.25, -0.2) is 0 Å². The van der Waals surface area contributed by atoms with Crippen LogP contribution in [0.25, 0.3) is 11.1 Å². The molecular formula is C28H31N. The van der Waals surface area contributed by atoms with Gasteiger partial charge in [0.25, 0.3) is 0 Å². The lowest BCUT2D eigenvalue weighted by molar-refractivity contribution is 0.479. The van der Waals surface area contributed by atoms with E-state index in [1.165, 1.54) is 22.3 Å². The molecule has 0 aliphatic carbocycles. The quantitative estimate of drug-likeness (QED) is 0.451. The Morgan fingerprint density at radius 3 is 1.86 bits per heavy atom. The first-order valence-electron chi connectivity index (χ1n) is 10.4. The summed E-state index contributed by atoms with van der Waals surface area (Å²) in [5.41, 5.74) is 7.51. The molecule has 0 saturated carbocycles. The fourth-order valence-electron chi connectivity index (χ4n) is 3.65. The molecule has 0 saturated heterocycles. The molecule has 3 rings (SSSR count). The van der Waals surface area contributed by atoms with Crippen LogP contribution in [-0.2, 0) is 17.3 Å². The third kappa shape index (κ3) is 5.15. The minimum atomic E-state index is 0.112. The van der Waals surface area contributed by atoms with Crippen LogP contribution in [-0.4, -0.2) is 0 Å². The Bertz CT molecular complexity index is 994. The maximum absolute atomic E-state index is 8.96. The number of hydrogen-bond donors (Lipinski definition) is 0. The molecule has 0 atom stereocenters. The van der Waals surface area contributed by atoms with E-state index in [-0.39, 0.29) is 10.8 Å². The SMILES string of the molecule is CC(C)(C)c1cccc(CCC(C)(C)c2ccc(-c3ccc(C#N)cc3)cc2)c1. The first kappa shape index (κ1) is 20.9. The van der Waals surface area contributed by atoms with Crippen molar-refractivity contribution in [2.24, 2.45) is 0 Å². The van der Waals surface area contributed by atoms with E-state index in [9.17, 15) is 0 Å². The molecule has 0 fully saturated rings. The summed E-state index contributed by atoms with van der Waals surface area (Å²) >= 11 is 0. The molecule has 0 unspecified atom stereocenters. The second kappa shape index (κ2) is 8.26. The van der Waals surface area contributed by atoms with E-state index < -0.39 is 0 Å². The van der Waals surface area contributed by atoms with Crippen LogP contribution in [0.3, 0.4) is 0 Å². The average Bonchev–Trinajstić information content (AvgIpc) is 2.72. The van der Waals surface area contributed by atoms with Crippen molar-refractivity contribution in [3.63, 3.8) is 0 Å². The van der Waals surface area contributed by atoms with Crippen molar-refractivity contribution in [2.75, 3.05) is 0 Å². The molecule has 148 valence electrons. The molecule has 1 nitrogen and oxygen atoms in total. The highest BCUT2D eigenvalue weighted by atomic mass is 14.3. The first-order valence-corrected chi connectivity index (χ1v) is 10.4. The Morgan fingerprint density at radius 2 is 1.31 bits per heavy atom. The third-order valence-corrected chi connectivity index (χ3v) is 5.85.